The summed E-state index contributed by atoms with van der Waals surface area (Å²) in [4.78, 5) is 22.3. The lowest BCUT2D eigenvalue weighted by Gasteiger charge is -2.10. The molecule has 1 amide bonds. The Balaban J connectivity index is 2.21. The molecule has 0 aliphatic rings. The van der Waals surface area contributed by atoms with Gasteiger partial charge in [-0.25, -0.2) is 0 Å². The Morgan fingerprint density at radius 3 is 2.62 bits per heavy atom. The number of hydrogen-bond acceptors (Lipinski definition) is 5. The first kappa shape index (κ1) is 19.7. The molecule has 0 fully saturated rings. The summed E-state index contributed by atoms with van der Waals surface area (Å²) in [7, 11) is 1.26. The number of nitrogens with zero attached hydrogens (tertiary/aromatic N) is 3. The third-order valence-electron chi connectivity index (χ3n) is 3.37. The van der Waals surface area contributed by atoms with Crippen LogP contribution in [0, 0.1) is 17.0 Å². The minimum absolute atomic E-state index is 0.0434. The van der Waals surface area contributed by atoms with Gasteiger partial charge >= 0.3 is 6.18 Å². The molecular weight excluding hydrogens is 425 g/mol. The van der Waals surface area contributed by atoms with Crippen molar-refractivity contribution >= 4 is 33.2 Å². The van der Waals surface area contributed by atoms with Gasteiger partial charge in [0.05, 0.1) is 34.0 Å². The van der Waals surface area contributed by atoms with Gasteiger partial charge < -0.3 is 10.1 Å². The summed E-state index contributed by atoms with van der Waals surface area (Å²) >= 11 is 2.82. The number of benzene rings is 1. The summed E-state index contributed by atoms with van der Waals surface area (Å²) in [6.07, 6.45) is -4.66. The number of anilines is 1. The summed E-state index contributed by atoms with van der Waals surface area (Å²) in [6.45, 7) is 0.896. The molecule has 0 aliphatic heterocycles. The summed E-state index contributed by atoms with van der Waals surface area (Å²) in [5.74, 6) is -0.633. The van der Waals surface area contributed by atoms with Crippen LogP contribution in [0.1, 0.15) is 11.4 Å². The van der Waals surface area contributed by atoms with Gasteiger partial charge in [-0.1, -0.05) is 0 Å². The first-order chi connectivity index (χ1) is 12.0. The minimum atomic E-state index is -4.66. The summed E-state index contributed by atoms with van der Waals surface area (Å²) in [5.41, 5.74) is -1.09. The Labute approximate surface area is 153 Å². The third kappa shape index (κ3) is 4.12. The van der Waals surface area contributed by atoms with Gasteiger partial charge in [0.2, 0.25) is 5.91 Å². The Morgan fingerprint density at radius 2 is 2.12 bits per heavy atom. The number of carbonyl (C=O) groups is 1. The van der Waals surface area contributed by atoms with Crippen molar-refractivity contribution in [1.82, 2.24) is 9.78 Å². The van der Waals surface area contributed by atoms with Crippen molar-refractivity contribution in [1.29, 1.82) is 0 Å². The summed E-state index contributed by atoms with van der Waals surface area (Å²) < 4.78 is 44.2. The van der Waals surface area contributed by atoms with E-state index in [1.54, 1.807) is 0 Å². The maximum absolute atomic E-state index is 12.9. The SMILES string of the molecule is COc1cc([N+](=O)[O-])ccc1NC(=O)Cn1nc(C(F)(F)F)c(Br)c1C. The van der Waals surface area contributed by atoms with Gasteiger partial charge in [-0.15, -0.1) is 0 Å². The fourth-order valence-corrected chi connectivity index (χ4v) is 2.59. The van der Waals surface area contributed by atoms with Crippen molar-refractivity contribution in [2.45, 2.75) is 19.6 Å². The Morgan fingerprint density at radius 1 is 1.46 bits per heavy atom. The number of nitro groups is 1. The summed E-state index contributed by atoms with van der Waals surface area (Å²) in [6, 6.07) is 3.55. The van der Waals surface area contributed by atoms with Crippen LogP contribution in [-0.4, -0.2) is 27.7 Å². The Kier molecular flexibility index (Phi) is 5.54. The number of non-ortho nitro benzene ring substituents is 1. The first-order valence-electron chi connectivity index (χ1n) is 6.97. The molecule has 0 aliphatic carbocycles. The number of methoxy groups -OCH3 is 1. The zero-order valence-electron chi connectivity index (χ0n) is 13.4. The molecule has 1 N–H and O–H groups in total. The molecule has 2 aromatic rings. The van der Waals surface area contributed by atoms with E-state index in [9.17, 15) is 28.1 Å². The zero-order valence-corrected chi connectivity index (χ0v) is 15.0. The molecule has 140 valence electrons. The number of nitrogens with one attached hydrogen (secondary N) is 1. The Hall–Kier alpha value is -2.63. The molecule has 2 rings (SSSR count). The molecule has 1 aromatic heterocycles. The quantitative estimate of drug-likeness (QED) is 0.570. The molecule has 8 nitrogen and oxygen atoms in total. The van der Waals surface area contributed by atoms with Crippen LogP contribution in [0.5, 0.6) is 5.75 Å². The van der Waals surface area contributed by atoms with Gasteiger partial charge in [0, 0.05) is 6.07 Å². The van der Waals surface area contributed by atoms with Crippen molar-refractivity contribution in [2.24, 2.45) is 0 Å². The highest BCUT2D eigenvalue weighted by Crippen LogP contribution is 2.35. The highest BCUT2D eigenvalue weighted by Gasteiger charge is 2.38. The molecule has 0 bridgehead atoms. The van der Waals surface area contributed by atoms with Gasteiger partial charge in [-0.05, 0) is 28.9 Å². The van der Waals surface area contributed by atoms with Crippen LogP contribution >= 0.6 is 15.9 Å². The highest BCUT2D eigenvalue weighted by atomic mass is 79.9. The van der Waals surface area contributed by atoms with E-state index >= 15 is 0 Å². The topological polar surface area (TPSA) is 99.3 Å². The van der Waals surface area contributed by atoms with E-state index in [1.165, 1.54) is 20.1 Å². The lowest BCUT2D eigenvalue weighted by molar-refractivity contribution is -0.384. The van der Waals surface area contributed by atoms with E-state index in [0.717, 1.165) is 16.8 Å². The standard InChI is InChI=1S/C14H12BrF3N4O4/c1-7-12(15)13(14(16,17)18)20-21(7)6-11(23)19-9-4-3-8(22(24)25)5-10(9)26-2/h3-5H,6H2,1-2H3,(H,19,23). The minimum Gasteiger partial charge on any atom is -0.494 e. The second kappa shape index (κ2) is 7.32. The fourth-order valence-electron chi connectivity index (χ4n) is 2.08. The van der Waals surface area contributed by atoms with Crippen LogP contribution in [0.4, 0.5) is 24.5 Å². The average molecular weight is 437 g/mol. The molecule has 0 radical (unpaired) electrons. The monoisotopic (exact) mass is 436 g/mol. The smallest absolute Gasteiger partial charge is 0.436 e. The van der Waals surface area contributed by atoms with Gasteiger partial charge in [0.1, 0.15) is 12.3 Å². The van der Waals surface area contributed by atoms with Crippen molar-refractivity contribution in [2.75, 3.05) is 12.4 Å². The van der Waals surface area contributed by atoms with E-state index in [1.807, 2.05) is 0 Å². The molecule has 0 spiro atoms. The van der Waals surface area contributed by atoms with Crippen LogP contribution in [0.25, 0.3) is 0 Å². The normalized spacial score (nSPS) is 11.3. The second-order valence-corrected chi connectivity index (χ2v) is 5.89. The number of nitro benzene ring substituents is 1. The first-order valence-corrected chi connectivity index (χ1v) is 7.76. The van der Waals surface area contributed by atoms with Crippen LogP contribution < -0.4 is 10.1 Å². The van der Waals surface area contributed by atoms with Crippen molar-refractivity contribution in [3.63, 3.8) is 0 Å². The lowest BCUT2D eigenvalue weighted by atomic mass is 10.2. The predicted molar refractivity (Wildman–Crippen MR) is 87.9 cm³/mol. The molecule has 0 unspecified atom stereocenters. The van der Waals surface area contributed by atoms with E-state index < -0.39 is 29.2 Å². The Bertz CT molecular complexity index is 867. The van der Waals surface area contributed by atoms with E-state index in [4.69, 9.17) is 4.74 Å². The van der Waals surface area contributed by atoms with Crippen LogP contribution in [0.3, 0.4) is 0 Å². The third-order valence-corrected chi connectivity index (χ3v) is 4.31. The molecule has 26 heavy (non-hydrogen) atoms. The van der Waals surface area contributed by atoms with Crippen LogP contribution in [-0.2, 0) is 17.5 Å². The van der Waals surface area contributed by atoms with Crippen molar-refractivity contribution in [3.8, 4) is 5.75 Å². The van der Waals surface area contributed by atoms with Crippen LogP contribution in [0.15, 0.2) is 22.7 Å². The predicted octanol–water partition coefficient (Wildman–Crippen LogP) is 3.53. The molecule has 0 saturated heterocycles. The van der Waals surface area contributed by atoms with E-state index in [2.05, 4.69) is 26.3 Å². The molecule has 1 aromatic carbocycles. The lowest BCUT2D eigenvalue weighted by Crippen LogP contribution is -2.21. The fraction of sp³-hybridized carbons (Fsp3) is 0.286. The maximum atomic E-state index is 12.9. The zero-order chi connectivity index (χ0) is 19.6. The molecule has 12 heteroatoms. The molecular formula is C14H12BrF3N4O4. The molecule has 0 atom stereocenters. The number of hydrogen-bond donors (Lipinski definition) is 1. The van der Waals surface area contributed by atoms with Crippen molar-refractivity contribution in [3.05, 3.63) is 44.2 Å². The summed E-state index contributed by atoms with van der Waals surface area (Å²) in [5, 5.41) is 16.6. The number of rotatable bonds is 5. The van der Waals surface area contributed by atoms with E-state index in [-0.39, 0.29) is 27.3 Å². The maximum Gasteiger partial charge on any atom is 0.436 e. The van der Waals surface area contributed by atoms with Crippen LogP contribution in [0.2, 0.25) is 0 Å². The van der Waals surface area contributed by atoms with Crippen molar-refractivity contribution < 1.29 is 27.6 Å². The number of amides is 1. The number of aromatic nitrogens is 2. The molecule has 1 heterocycles. The van der Waals surface area contributed by atoms with Gasteiger partial charge in [0.15, 0.2) is 5.69 Å². The average Bonchev–Trinajstić information content (AvgIpc) is 2.83. The van der Waals surface area contributed by atoms with Gasteiger partial charge in [-0.3, -0.25) is 19.6 Å². The number of carbonyl (C=O) groups excluding carboxylic acids is 1. The van der Waals surface area contributed by atoms with E-state index in [0.29, 0.717) is 0 Å². The highest BCUT2D eigenvalue weighted by molar-refractivity contribution is 9.10. The number of alkyl halides is 3. The number of ether oxygens (including phenoxy) is 1. The molecule has 0 saturated carbocycles. The number of halogens is 4. The van der Waals surface area contributed by atoms with Gasteiger partial charge in [-0.2, -0.15) is 18.3 Å². The van der Waals surface area contributed by atoms with Gasteiger partial charge in [0.25, 0.3) is 5.69 Å². The largest absolute Gasteiger partial charge is 0.494 e. The second-order valence-electron chi connectivity index (χ2n) is 5.09.